The molecule has 0 heterocycles. The van der Waals surface area contributed by atoms with Crippen molar-refractivity contribution >= 4 is 0 Å². The lowest BCUT2D eigenvalue weighted by Crippen LogP contribution is -2.60. The van der Waals surface area contributed by atoms with Crippen LogP contribution in [0.15, 0.2) is 0 Å². The minimum absolute atomic E-state index is 0.369. The highest BCUT2D eigenvalue weighted by Crippen LogP contribution is 2.18. The summed E-state index contributed by atoms with van der Waals surface area (Å²) in [6.45, 7) is 3.42. The van der Waals surface area contributed by atoms with E-state index in [0.29, 0.717) is 8.97 Å². The van der Waals surface area contributed by atoms with Crippen molar-refractivity contribution in [2.45, 2.75) is 38.5 Å². The van der Waals surface area contributed by atoms with Crippen molar-refractivity contribution in [3.8, 4) is 0 Å². The van der Waals surface area contributed by atoms with Crippen LogP contribution < -0.4 is 0 Å². The third kappa shape index (κ3) is 5.31. The van der Waals surface area contributed by atoms with Gasteiger partial charge in [-0.05, 0) is 13.8 Å². The Morgan fingerprint density at radius 2 is 0.941 bits per heavy atom. The van der Waals surface area contributed by atoms with Crippen LogP contribution in [-0.4, -0.2) is 86.1 Å². The Balaban J connectivity index is 4.96. The van der Waals surface area contributed by atoms with Crippen LogP contribution in [0.1, 0.15) is 13.8 Å². The molecule has 0 aliphatic heterocycles. The van der Waals surface area contributed by atoms with E-state index in [1.54, 1.807) is 13.8 Å². The molecule has 0 rings (SSSR count). The summed E-state index contributed by atoms with van der Waals surface area (Å²) >= 11 is 0. The van der Waals surface area contributed by atoms with Gasteiger partial charge in [0.1, 0.15) is 12.2 Å². The number of aliphatic hydroxyl groups excluding tert-OH is 2. The van der Waals surface area contributed by atoms with Gasteiger partial charge < -0.3 is 19.2 Å². The minimum Gasteiger partial charge on any atom is -0.384 e. The molecule has 5 nitrogen and oxygen atoms in total. The third-order valence-electron chi connectivity index (χ3n) is 2.63. The maximum atomic E-state index is 9.81. The van der Waals surface area contributed by atoms with Gasteiger partial charge in [0.25, 0.3) is 0 Å². The van der Waals surface area contributed by atoms with Gasteiger partial charge in [0.15, 0.2) is 0 Å². The molecule has 0 aromatic rings. The van der Waals surface area contributed by atoms with Gasteiger partial charge in [-0.2, -0.15) is 0 Å². The van der Waals surface area contributed by atoms with Crippen LogP contribution in [-0.2, 0) is 4.74 Å². The molecule has 5 heteroatoms. The summed E-state index contributed by atoms with van der Waals surface area (Å²) < 4.78 is 6.92. The van der Waals surface area contributed by atoms with E-state index in [1.165, 1.54) is 0 Å². The summed E-state index contributed by atoms with van der Waals surface area (Å²) in [6, 6.07) is 0. The van der Waals surface area contributed by atoms with Gasteiger partial charge in [0, 0.05) is 0 Å². The lowest BCUT2D eigenvalue weighted by Gasteiger charge is -2.42. The smallest absolute Gasteiger partial charge is 0.224 e. The van der Waals surface area contributed by atoms with Gasteiger partial charge in [-0.25, -0.2) is 0 Å². The molecule has 0 aromatic heterocycles. The first-order valence-electron chi connectivity index (χ1n) is 6.01. The Labute approximate surface area is 105 Å². The number of hydrogen-bond acceptors (Lipinski definition) is 3. The number of likely N-dealkylation sites (N-methyl/N-ethyl adjacent to an activating group) is 2. The molecule has 104 valence electrons. The van der Waals surface area contributed by atoms with Crippen molar-refractivity contribution in [2.24, 2.45) is 0 Å². The summed E-state index contributed by atoms with van der Waals surface area (Å²) in [5.41, 5.74) is 0. The maximum absolute atomic E-state index is 9.81. The van der Waals surface area contributed by atoms with E-state index in [1.807, 2.05) is 42.3 Å². The Bertz CT molecular complexity index is 205. The monoisotopic (exact) mass is 250 g/mol. The SMILES string of the molecule is CC(O)C(OC(C(C)O)[N+](C)(C)C)[N+](C)(C)C. The Hall–Kier alpha value is -0.200. The highest BCUT2D eigenvalue weighted by Gasteiger charge is 2.39. The van der Waals surface area contributed by atoms with Crippen molar-refractivity contribution in [3.05, 3.63) is 0 Å². The van der Waals surface area contributed by atoms with Crippen molar-refractivity contribution in [1.82, 2.24) is 0 Å². The Morgan fingerprint density at radius 1 is 0.706 bits per heavy atom. The summed E-state index contributed by atoms with van der Waals surface area (Å²) in [4.78, 5) is 0. The molecule has 0 amide bonds. The maximum Gasteiger partial charge on any atom is 0.224 e. The van der Waals surface area contributed by atoms with E-state index in [4.69, 9.17) is 4.74 Å². The van der Waals surface area contributed by atoms with Gasteiger partial charge in [0.05, 0.1) is 42.3 Å². The Morgan fingerprint density at radius 3 is 1.06 bits per heavy atom. The second kappa shape index (κ2) is 5.63. The highest BCUT2D eigenvalue weighted by molar-refractivity contribution is 4.59. The van der Waals surface area contributed by atoms with Crippen molar-refractivity contribution < 1.29 is 23.9 Å². The minimum atomic E-state index is -0.595. The molecular weight excluding hydrogens is 220 g/mol. The second-order valence-electron chi connectivity index (χ2n) is 6.63. The largest absolute Gasteiger partial charge is 0.384 e. The quantitative estimate of drug-likeness (QED) is 0.508. The van der Waals surface area contributed by atoms with Crippen LogP contribution >= 0.6 is 0 Å². The van der Waals surface area contributed by atoms with Crippen LogP contribution in [0, 0.1) is 0 Å². The summed E-state index contributed by atoms with van der Waals surface area (Å²) in [6.07, 6.45) is -1.93. The van der Waals surface area contributed by atoms with E-state index >= 15 is 0 Å². The standard InChI is InChI=1S/C12H30N2O3/c1-9(15)11(13(3,4)5)17-12(10(2)16)14(6,7)8/h9-12,15-16H,1-8H3/q+2. The highest BCUT2D eigenvalue weighted by atomic mass is 16.6. The molecule has 17 heavy (non-hydrogen) atoms. The topological polar surface area (TPSA) is 49.7 Å². The fraction of sp³-hybridized carbons (Fsp3) is 1.00. The normalized spacial score (nSPS) is 20.8. The first kappa shape index (κ1) is 16.8. The lowest BCUT2D eigenvalue weighted by atomic mass is 10.2. The van der Waals surface area contributed by atoms with Gasteiger partial charge in [-0.1, -0.05) is 0 Å². The van der Waals surface area contributed by atoms with E-state index in [-0.39, 0.29) is 12.5 Å². The van der Waals surface area contributed by atoms with E-state index < -0.39 is 12.2 Å². The molecule has 0 aliphatic rings. The van der Waals surface area contributed by atoms with E-state index in [9.17, 15) is 10.2 Å². The molecule has 0 aromatic carbocycles. The van der Waals surface area contributed by atoms with Gasteiger partial charge in [-0.15, -0.1) is 0 Å². The van der Waals surface area contributed by atoms with Gasteiger partial charge >= 0.3 is 0 Å². The van der Waals surface area contributed by atoms with Crippen LogP contribution in [0.5, 0.6) is 0 Å². The molecule has 4 atom stereocenters. The molecule has 0 radical (unpaired) electrons. The third-order valence-corrected chi connectivity index (χ3v) is 2.63. The first-order chi connectivity index (χ1) is 7.37. The van der Waals surface area contributed by atoms with Crippen LogP contribution in [0.2, 0.25) is 0 Å². The van der Waals surface area contributed by atoms with Gasteiger partial charge in [0.2, 0.25) is 12.5 Å². The molecule has 4 unspecified atom stereocenters. The predicted octanol–water partition coefficient (Wildman–Crippen LogP) is -0.171. The average molecular weight is 250 g/mol. The number of hydrogen-bond donors (Lipinski definition) is 2. The zero-order valence-corrected chi connectivity index (χ0v) is 12.5. The summed E-state index contributed by atoms with van der Waals surface area (Å²) in [5.74, 6) is 0. The molecule has 0 saturated carbocycles. The predicted molar refractivity (Wildman–Crippen MR) is 68.1 cm³/mol. The second-order valence-corrected chi connectivity index (χ2v) is 6.63. The zero-order valence-electron chi connectivity index (χ0n) is 12.5. The number of aliphatic hydroxyl groups is 2. The van der Waals surface area contributed by atoms with Crippen LogP contribution in [0.4, 0.5) is 0 Å². The number of rotatable bonds is 6. The van der Waals surface area contributed by atoms with Crippen molar-refractivity contribution in [3.63, 3.8) is 0 Å². The molecule has 0 saturated heterocycles. The van der Waals surface area contributed by atoms with Crippen molar-refractivity contribution in [1.29, 1.82) is 0 Å². The fourth-order valence-corrected chi connectivity index (χ4v) is 2.03. The Kier molecular flexibility index (Phi) is 5.56. The molecule has 0 spiro atoms. The summed E-state index contributed by atoms with van der Waals surface area (Å²) in [5, 5.41) is 19.6. The summed E-state index contributed by atoms with van der Waals surface area (Å²) in [7, 11) is 11.8. The number of nitrogens with zero attached hydrogens (tertiary/aromatic N) is 2. The zero-order chi connectivity index (χ0) is 14.0. The number of ether oxygens (including phenoxy) is 1. The molecule has 0 fully saturated rings. The molecule has 0 aliphatic carbocycles. The van der Waals surface area contributed by atoms with E-state index in [2.05, 4.69) is 0 Å². The molecular formula is C12H30N2O3+2. The van der Waals surface area contributed by atoms with Gasteiger partial charge in [-0.3, -0.25) is 4.74 Å². The lowest BCUT2D eigenvalue weighted by molar-refractivity contribution is -0.966. The van der Waals surface area contributed by atoms with Crippen LogP contribution in [0.3, 0.4) is 0 Å². The fourth-order valence-electron chi connectivity index (χ4n) is 2.03. The van der Waals surface area contributed by atoms with E-state index in [0.717, 1.165) is 0 Å². The number of quaternary nitrogens is 2. The first-order valence-corrected chi connectivity index (χ1v) is 6.01. The van der Waals surface area contributed by atoms with Crippen molar-refractivity contribution in [2.75, 3.05) is 42.3 Å². The molecule has 0 bridgehead atoms. The average Bonchev–Trinajstić information content (AvgIpc) is 1.96. The van der Waals surface area contributed by atoms with Crippen LogP contribution in [0.25, 0.3) is 0 Å². The molecule has 2 N–H and O–H groups in total.